The van der Waals surface area contributed by atoms with Crippen LogP contribution < -0.4 is 16.2 Å². The van der Waals surface area contributed by atoms with Crippen molar-refractivity contribution in [2.24, 2.45) is 11.5 Å². The molecular formula is C13H19N3O2. The highest BCUT2D eigenvalue weighted by molar-refractivity contribution is 5.96. The summed E-state index contributed by atoms with van der Waals surface area (Å²) in [6.45, 7) is 3.69. The Bertz CT molecular complexity index is 474. The minimum atomic E-state index is -0.512. The van der Waals surface area contributed by atoms with Crippen molar-refractivity contribution in [2.75, 3.05) is 0 Å². The fourth-order valence-electron chi connectivity index (χ4n) is 2.43. The Morgan fingerprint density at radius 1 is 1.44 bits per heavy atom. The van der Waals surface area contributed by atoms with Crippen molar-refractivity contribution >= 4 is 5.91 Å². The molecular weight excluding hydrogens is 230 g/mol. The molecule has 1 heterocycles. The molecule has 98 valence electrons. The standard InChI is InChI=1S/C13H19N3O2/c1-7-6-8(2)16-13(11(7)12(15)17)18-10-5-3-4-9(10)14/h6,9-10H,3-5,14H2,1-2H3,(H2,15,17). The molecule has 0 aromatic carbocycles. The molecule has 5 heteroatoms. The first kappa shape index (κ1) is 12.8. The van der Waals surface area contributed by atoms with Gasteiger partial charge in [0.25, 0.3) is 5.91 Å². The van der Waals surface area contributed by atoms with Gasteiger partial charge in [-0.25, -0.2) is 4.98 Å². The fourth-order valence-corrected chi connectivity index (χ4v) is 2.43. The summed E-state index contributed by atoms with van der Waals surface area (Å²) in [4.78, 5) is 15.8. The van der Waals surface area contributed by atoms with Gasteiger partial charge < -0.3 is 16.2 Å². The van der Waals surface area contributed by atoms with Gasteiger partial charge in [-0.3, -0.25) is 4.79 Å². The van der Waals surface area contributed by atoms with Crippen LogP contribution in [0.5, 0.6) is 5.88 Å². The van der Waals surface area contributed by atoms with E-state index >= 15 is 0 Å². The van der Waals surface area contributed by atoms with E-state index in [1.165, 1.54) is 0 Å². The average Bonchev–Trinajstić information content (AvgIpc) is 2.62. The Morgan fingerprint density at radius 2 is 2.17 bits per heavy atom. The lowest BCUT2D eigenvalue weighted by Gasteiger charge is -2.19. The Hall–Kier alpha value is -1.62. The fraction of sp³-hybridized carbons (Fsp3) is 0.538. The number of hydrogen-bond acceptors (Lipinski definition) is 4. The van der Waals surface area contributed by atoms with Gasteiger partial charge >= 0.3 is 0 Å². The summed E-state index contributed by atoms with van der Waals surface area (Å²) < 4.78 is 5.80. The van der Waals surface area contributed by atoms with Gasteiger partial charge in [0.15, 0.2) is 0 Å². The number of aromatic nitrogens is 1. The molecule has 0 bridgehead atoms. The van der Waals surface area contributed by atoms with Crippen LogP contribution in [0.1, 0.15) is 40.9 Å². The Balaban J connectivity index is 2.33. The topological polar surface area (TPSA) is 91.2 Å². The molecule has 1 saturated carbocycles. The Kier molecular flexibility index (Phi) is 3.52. The molecule has 1 aromatic rings. The third-order valence-corrected chi connectivity index (χ3v) is 3.32. The first-order valence-corrected chi connectivity index (χ1v) is 6.19. The molecule has 0 aliphatic heterocycles. The molecule has 0 radical (unpaired) electrons. The number of carbonyl (C=O) groups is 1. The van der Waals surface area contributed by atoms with Crippen LogP contribution in [0, 0.1) is 13.8 Å². The van der Waals surface area contributed by atoms with E-state index in [-0.39, 0.29) is 12.1 Å². The first-order chi connectivity index (χ1) is 8.49. The monoisotopic (exact) mass is 249 g/mol. The minimum absolute atomic E-state index is 0.00773. The third kappa shape index (κ3) is 2.46. The SMILES string of the molecule is Cc1cc(C)c(C(N)=O)c(OC2CCCC2N)n1. The van der Waals surface area contributed by atoms with E-state index in [0.29, 0.717) is 11.4 Å². The van der Waals surface area contributed by atoms with Crippen LogP contribution in [0.4, 0.5) is 0 Å². The molecule has 4 N–H and O–H groups in total. The molecule has 1 amide bonds. The summed E-state index contributed by atoms with van der Waals surface area (Å²) in [5, 5.41) is 0. The highest BCUT2D eigenvalue weighted by Crippen LogP contribution is 2.26. The van der Waals surface area contributed by atoms with Crippen LogP contribution in [-0.4, -0.2) is 23.0 Å². The number of nitrogens with two attached hydrogens (primary N) is 2. The summed E-state index contributed by atoms with van der Waals surface area (Å²) >= 11 is 0. The van der Waals surface area contributed by atoms with Crippen LogP contribution in [0.2, 0.25) is 0 Å². The first-order valence-electron chi connectivity index (χ1n) is 6.19. The van der Waals surface area contributed by atoms with E-state index in [0.717, 1.165) is 30.5 Å². The second-order valence-electron chi connectivity index (χ2n) is 4.88. The number of ether oxygens (including phenoxy) is 1. The lowest BCUT2D eigenvalue weighted by molar-refractivity contribution is 0.0989. The summed E-state index contributed by atoms with van der Waals surface area (Å²) in [6.07, 6.45) is 2.81. The smallest absolute Gasteiger partial charge is 0.254 e. The van der Waals surface area contributed by atoms with Crippen LogP contribution in [0.25, 0.3) is 0 Å². The Morgan fingerprint density at radius 3 is 2.72 bits per heavy atom. The maximum atomic E-state index is 11.5. The number of primary amides is 1. The summed E-state index contributed by atoms with van der Waals surface area (Å²) in [5.74, 6) is -0.191. The molecule has 1 fully saturated rings. The molecule has 1 aliphatic rings. The predicted molar refractivity (Wildman–Crippen MR) is 68.5 cm³/mol. The van der Waals surface area contributed by atoms with Crippen molar-refractivity contribution in [3.8, 4) is 5.88 Å². The number of pyridine rings is 1. The van der Waals surface area contributed by atoms with Gasteiger partial charge in [0.1, 0.15) is 11.7 Å². The molecule has 1 aromatic heterocycles. The maximum absolute atomic E-state index is 11.5. The van der Waals surface area contributed by atoms with Gasteiger partial charge in [-0.1, -0.05) is 0 Å². The molecule has 0 saturated heterocycles. The van der Waals surface area contributed by atoms with E-state index in [9.17, 15) is 4.79 Å². The number of rotatable bonds is 3. The van der Waals surface area contributed by atoms with E-state index < -0.39 is 5.91 Å². The number of hydrogen-bond donors (Lipinski definition) is 2. The zero-order chi connectivity index (χ0) is 13.3. The van der Waals surface area contributed by atoms with Gasteiger partial charge in [-0.15, -0.1) is 0 Å². The second-order valence-corrected chi connectivity index (χ2v) is 4.88. The van der Waals surface area contributed by atoms with Crippen LogP contribution in [0.15, 0.2) is 6.07 Å². The van der Waals surface area contributed by atoms with Crippen molar-refractivity contribution < 1.29 is 9.53 Å². The lowest BCUT2D eigenvalue weighted by Crippen LogP contribution is -2.34. The third-order valence-electron chi connectivity index (χ3n) is 3.32. The quantitative estimate of drug-likeness (QED) is 0.837. The highest BCUT2D eigenvalue weighted by Gasteiger charge is 2.28. The second kappa shape index (κ2) is 4.94. The zero-order valence-corrected chi connectivity index (χ0v) is 10.8. The molecule has 18 heavy (non-hydrogen) atoms. The highest BCUT2D eigenvalue weighted by atomic mass is 16.5. The Labute approximate surface area is 107 Å². The molecule has 5 nitrogen and oxygen atoms in total. The minimum Gasteiger partial charge on any atom is -0.472 e. The van der Waals surface area contributed by atoms with E-state index in [1.54, 1.807) is 0 Å². The van der Waals surface area contributed by atoms with Gasteiger partial charge in [0.2, 0.25) is 5.88 Å². The van der Waals surface area contributed by atoms with Crippen molar-refractivity contribution in [1.82, 2.24) is 4.98 Å². The number of amides is 1. The summed E-state index contributed by atoms with van der Waals surface area (Å²) in [6, 6.07) is 1.83. The number of nitrogens with zero attached hydrogens (tertiary/aromatic N) is 1. The molecule has 1 aliphatic carbocycles. The van der Waals surface area contributed by atoms with Crippen molar-refractivity contribution in [2.45, 2.75) is 45.3 Å². The molecule has 2 unspecified atom stereocenters. The van der Waals surface area contributed by atoms with Crippen LogP contribution in [-0.2, 0) is 0 Å². The van der Waals surface area contributed by atoms with Crippen LogP contribution in [0.3, 0.4) is 0 Å². The van der Waals surface area contributed by atoms with Gasteiger partial charge in [0.05, 0.1) is 0 Å². The maximum Gasteiger partial charge on any atom is 0.254 e. The van der Waals surface area contributed by atoms with E-state index in [4.69, 9.17) is 16.2 Å². The summed E-state index contributed by atoms with van der Waals surface area (Å²) in [5.41, 5.74) is 13.3. The summed E-state index contributed by atoms with van der Waals surface area (Å²) in [7, 11) is 0. The average molecular weight is 249 g/mol. The number of aryl methyl sites for hydroxylation is 2. The van der Waals surface area contributed by atoms with Gasteiger partial charge in [-0.05, 0) is 44.7 Å². The zero-order valence-electron chi connectivity index (χ0n) is 10.8. The number of carbonyl (C=O) groups excluding carboxylic acids is 1. The predicted octanol–water partition coefficient (Wildman–Crippen LogP) is 1.06. The molecule has 2 rings (SSSR count). The van der Waals surface area contributed by atoms with Gasteiger partial charge in [0, 0.05) is 11.7 Å². The molecule has 0 spiro atoms. The van der Waals surface area contributed by atoms with Crippen molar-refractivity contribution in [3.05, 3.63) is 22.9 Å². The van der Waals surface area contributed by atoms with E-state index in [2.05, 4.69) is 4.98 Å². The van der Waals surface area contributed by atoms with Crippen molar-refractivity contribution in [1.29, 1.82) is 0 Å². The van der Waals surface area contributed by atoms with Crippen LogP contribution >= 0.6 is 0 Å². The normalized spacial score (nSPS) is 23.1. The largest absolute Gasteiger partial charge is 0.472 e. The van der Waals surface area contributed by atoms with Gasteiger partial charge in [-0.2, -0.15) is 0 Å². The van der Waals surface area contributed by atoms with E-state index in [1.807, 2.05) is 19.9 Å². The van der Waals surface area contributed by atoms with Crippen molar-refractivity contribution in [3.63, 3.8) is 0 Å². The lowest BCUT2D eigenvalue weighted by atomic mass is 10.1. The molecule has 2 atom stereocenters.